The van der Waals surface area contributed by atoms with E-state index in [1.165, 1.54) is 13.8 Å². The van der Waals surface area contributed by atoms with Crippen molar-refractivity contribution in [1.82, 2.24) is 9.97 Å². The van der Waals surface area contributed by atoms with Crippen molar-refractivity contribution >= 4 is 23.6 Å². The van der Waals surface area contributed by atoms with Crippen LogP contribution in [-0.4, -0.2) is 40.8 Å². The third-order valence-electron chi connectivity index (χ3n) is 3.68. The van der Waals surface area contributed by atoms with Crippen LogP contribution in [0.25, 0.3) is 0 Å². The molecule has 0 unspecified atom stereocenters. The molecule has 1 fully saturated rings. The van der Waals surface area contributed by atoms with Crippen LogP contribution in [-0.2, 0) is 31.9 Å². The standard InChI is InChI=1S/C14H18N4O4/c1-8(19)15-12-10-7-14(21-5-6-22-14)4-3-11(10)17-13(18-12)16-9(2)20/h3-7H2,1-2H3,(H2,15,16,17,18,19,20). The Hall–Kier alpha value is -2.06. The first kappa shape index (κ1) is 14.9. The number of amides is 2. The van der Waals surface area contributed by atoms with Gasteiger partial charge in [-0.2, -0.15) is 4.98 Å². The van der Waals surface area contributed by atoms with Crippen LogP contribution in [0.2, 0.25) is 0 Å². The fraction of sp³-hybridized carbons (Fsp3) is 0.571. The average molecular weight is 306 g/mol. The monoisotopic (exact) mass is 306 g/mol. The average Bonchev–Trinajstić information content (AvgIpc) is 2.87. The van der Waals surface area contributed by atoms with Gasteiger partial charge >= 0.3 is 0 Å². The number of nitrogens with one attached hydrogen (secondary N) is 2. The Morgan fingerprint density at radius 2 is 1.77 bits per heavy atom. The maximum absolute atomic E-state index is 11.4. The Morgan fingerprint density at radius 3 is 2.41 bits per heavy atom. The van der Waals surface area contributed by atoms with Gasteiger partial charge in [0.1, 0.15) is 5.82 Å². The summed E-state index contributed by atoms with van der Waals surface area (Å²) >= 11 is 0. The minimum absolute atomic E-state index is 0.194. The first-order valence-corrected chi connectivity index (χ1v) is 7.20. The van der Waals surface area contributed by atoms with Gasteiger partial charge in [-0.15, -0.1) is 0 Å². The minimum Gasteiger partial charge on any atom is -0.347 e. The molecule has 2 N–H and O–H groups in total. The molecule has 1 saturated heterocycles. The minimum atomic E-state index is -0.640. The maximum Gasteiger partial charge on any atom is 0.231 e. The molecule has 118 valence electrons. The fourth-order valence-electron chi connectivity index (χ4n) is 2.82. The van der Waals surface area contributed by atoms with Gasteiger partial charge in [-0.25, -0.2) is 4.98 Å². The Morgan fingerprint density at radius 1 is 1.09 bits per heavy atom. The number of nitrogens with zero attached hydrogens (tertiary/aromatic N) is 2. The second kappa shape index (κ2) is 5.62. The summed E-state index contributed by atoms with van der Waals surface area (Å²) in [6.45, 7) is 3.93. The van der Waals surface area contributed by atoms with Crippen LogP contribution in [0.1, 0.15) is 31.5 Å². The van der Waals surface area contributed by atoms with E-state index in [1.54, 1.807) is 0 Å². The molecule has 1 aromatic rings. The molecule has 1 aromatic heterocycles. The van der Waals surface area contributed by atoms with E-state index in [0.29, 0.717) is 38.3 Å². The van der Waals surface area contributed by atoms with E-state index >= 15 is 0 Å². The van der Waals surface area contributed by atoms with Gasteiger partial charge in [0.2, 0.25) is 17.8 Å². The van der Waals surface area contributed by atoms with Crippen LogP contribution in [0.15, 0.2) is 0 Å². The van der Waals surface area contributed by atoms with Gasteiger partial charge in [-0.1, -0.05) is 0 Å². The van der Waals surface area contributed by atoms with Crippen molar-refractivity contribution in [2.75, 3.05) is 23.8 Å². The first-order valence-electron chi connectivity index (χ1n) is 7.20. The van der Waals surface area contributed by atoms with Crippen LogP contribution in [0, 0.1) is 0 Å². The molecule has 0 atom stereocenters. The molecule has 2 aliphatic rings. The topological polar surface area (TPSA) is 102 Å². The summed E-state index contributed by atoms with van der Waals surface area (Å²) in [5.74, 6) is -0.538. The van der Waals surface area contributed by atoms with E-state index < -0.39 is 5.79 Å². The number of rotatable bonds is 2. The van der Waals surface area contributed by atoms with E-state index in [9.17, 15) is 9.59 Å². The van der Waals surface area contributed by atoms with Gasteiger partial charge in [-0.3, -0.25) is 14.9 Å². The molecular weight excluding hydrogens is 288 g/mol. The Bertz CT molecular complexity index is 626. The Kier molecular flexibility index (Phi) is 3.79. The number of carbonyl (C=O) groups excluding carboxylic acids is 2. The van der Waals surface area contributed by atoms with Crippen molar-refractivity contribution in [3.8, 4) is 0 Å². The Balaban J connectivity index is 1.98. The van der Waals surface area contributed by atoms with Crippen molar-refractivity contribution in [3.63, 3.8) is 0 Å². The molecule has 22 heavy (non-hydrogen) atoms. The summed E-state index contributed by atoms with van der Waals surface area (Å²) < 4.78 is 11.5. The van der Waals surface area contributed by atoms with Crippen molar-refractivity contribution in [2.24, 2.45) is 0 Å². The number of hydrogen-bond acceptors (Lipinski definition) is 6. The maximum atomic E-state index is 11.4. The van der Waals surface area contributed by atoms with Gasteiger partial charge in [0.05, 0.1) is 18.9 Å². The first-order chi connectivity index (χ1) is 10.5. The summed E-state index contributed by atoms with van der Waals surface area (Å²) in [4.78, 5) is 31.2. The highest BCUT2D eigenvalue weighted by molar-refractivity contribution is 5.90. The quantitative estimate of drug-likeness (QED) is 0.830. The highest BCUT2D eigenvalue weighted by atomic mass is 16.7. The molecule has 8 heteroatoms. The third kappa shape index (κ3) is 2.93. The number of hydrogen-bond donors (Lipinski definition) is 2. The van der Waals surface area contributed by atoms with Gasteiger partial charge in [0, 0.05) is 32.3 Å². The SMILES string of the molecule is CC(=O)Nc1nc2c(c(NC(C)=O)n1)CC1(CC2)OCCO1. The lowest BCUT2D eigenvalue weighted by Gasteiger charge is -2.33. The van der Waals surface area contributed by atoms with Gasteiger partial charge in [0.25, 0.3) is 0 Å². The van der Waals surface area contributed by atoms with E-state index in [1.807, 2.05) is 0 Å². The lowest BCUT2D eigenvalue weighted by Crippen LogP contribution is -2.38. The number of ether oxygens (including phenoxy) is 2. The summed E-state index contributed by atoms with van der Waals surface area (Å²) in [6.07, 6.45) is 1.81. The lowest BCUT2D eigenvalue weighted by molar-refractivity contribution is -0.164. The largest absolute Gasteiger partial charge is 0.347 e. The molecular formula is C14H18N4O4. The number of aromatic nitrogens is 2. The fourth-order valence-corrected chi connectivity index (χ4v) is 2.82. The van der Waals surface area contributed by atoms with Crippen LogP contribution in [0.4, 0.5) is 11.8 Å². The van der Waals surface area contributed by atoms with Crippen molar-refractivity contribution in [3.05, 3.63) is 11.3 Å². The normalized spacial score (nSPS) is 18.8. The second-order valence-electron chi connectivity index (χ2n) is 5.47. The van der Waals surface area contributed by atoms with E-state index in [4.69, 9.17) is 9.47 Å². The molecule has 0 aromatic carbocycles. The smallest absolute Gasteiger partial charge is 0.231 e. The summed E-state index contributed by atoms with van der Waals surface area (Å²) in [5, 5.41) is 5.26. The molecule has 1 spiro atoms. The predicted octanol–water partition coefficient (Wildman–Crippen LogP) is 0.625. The van der Waals surface area contributed by atoms with Gasteiger partial charge in [-0.05, 0) is 6.42 Å². The molecule has 2 amide bonds. The summed E-state index contributed by atoms with van der Waals surface area (Å²) in [5.41, 5.74) is 1.60. The molecule has 2 heterocycles. The van der Waals surface area contributed by atoms with E-state index in [2.05, 4.69) is 20.6 Å². The number of anilines is 2. The molecule has 0 bridgehead atoms. The molecule has 1 aliphatic carbocycles. The summed E-state index contributed by atoms with van der Waals surface area (Å²) in [6, 6.07) is 0. The summed E-state index contributed by atoms with van der Waals surface area (Å²) in [7, 11) is 0. The zero-order valence-corrected chi connectivity index (χ0v) is 12.6. The molecule has 8 nitrogen and oxygen atoms in total. The van der Waals surface area contributed by atoms with Crippen LogP contribution < -0.4 is 10.6 Å². The Labute approximate surface area is 127 Å². The van der Waals surface area contributed by atoms with Gasteiger partial charge < -0.3 is 14.8 Å². The van der Waals surface area contributed by atoms with Crippen LogP contribution >= 0.6 is 0 Å². The zero-order chi connectivity index (χ0) is 15.7. The number of fused-ring (bicyclic) bond motifs is 1. The van der Waals surface area contributed by atoms with Crippen molar-refractivity contribution < 1.29 is 19.1 Å². The third-order valence-corrected chi connectivity index (χ3v) is 3.68. The van der Waals surface area contributed by atoms with Crippen LogP contribution in [0.5, 0.6) is 0 Å². The highest BCUT2D eigenvalue weighted by Gasteiger charge is 2.41. The number of aryl methyl sites for hydroxylation is 1. The molecule has 0 radical (unpaired) electrons. The van der Waals surface area contributed by atoms with E-state index in [-0.39, 0.29) is 17.8 Å². The molecule has 1 aliphatic heterocycles. The van der Waals surface area contributed by atoms with Gasteiger partial charge in [0.15, 0.2) is 5.79 Å². The molecule has 0 saturated carbocycles. The number of carbonyl (C=O) groups is 2. The van der Waals surface area contributed by atoms with Crippen molar-refractivity contribution in [2.45, 2.75) is 38.9 Å². The van der Waals surface area contributed by atoms with Crippen LogP contribution in [0.3, 0.4) is 0 Å². The predicted molar refractivity (Wildman–Crippen MR) is 77.3 cm³/mol. The zero-order valence-electron chi connectivity index (χ0n) is 12.6. The van der Waals surface area contributed by atoms with Crippen molar-refractivity contribution in [1.29, 1.82) is 0 Å². The second-order valence-corrected chi connectivity index (χ2v) is 5.47. The van der Waals surface area contributed by atoms with E-state index in [0.717, 1.165) is 11.3 Å². The highest BCUT2D eigenvalue weighted by Crippen LogP contribution is 2.37. The lowest BCUT2D eigenvalue weighted by atomic mass is 9.90. The molecule has 3 rings (SSSR count).